The molecule has 1 aromatic rings. The second-order valence-corrected chi connectivity index (χ2v) is 6.69. The van der Waals surface area contributed by atoms with E-state index in [2.05, 4.69) is 0 Å². The van der Waals surface area contributed by atoms with Crippen LogP contribution in [0, 0.1) is 0 Å². The number of thioether (sulfide) groups is 1. The highest BCUT2D eigenvalue weighted by molar-refractivity contribution is 8.03. The molecule has 1 aliphatic rings. The van der Waals surface area contributed by atoms with E-state index in [-0.39, 0.29) is 13.2 Å². The molecule has 0 N–H and O–H groups in total. The second kappa shape index (κ2) is 6.09. The predicted molar refractivity (Wildman–Crippen MR) is 73.8 cm³/mol. The van der Waals surface area contributed by atoms with Crippen molar-refractivity contribution in [3.8, 4) is 0 Å². The lowest BCUT2D eigenvalue weighted by Crippen LogP contribution is -2.05. The summed E-state index contributed by atoms with van der Waals surface area (Å²) in [6.45, 7) is 3.95. The summed E-state index contributed by atoms with van der Waals surface area (Å²) in [5.41, 5.74) is 0.645. The molecule has 104 valence electrons. The van der Waals surface area contributed by atoms with Gasteiger partial charge in [0.2, 0.25) is 0 Å². The van der Waals surface area contributed by atoms with Gasteiger partial charge in [-0.25, -0.2) is 0 Å². The van der Waals surface area contributed by atoms with Crippen LogP contribution in [0.15, 0.2) is 21.7 Å². The lowest BCUT2D eigenvalue weighted by atomic mass is 10.2. The predicted octanol–water partition coefficient (Wildman–Crippen LogP) is 3.66. The molecule has 2 rings (SSSR count). The molecule has 7 heteroatoms. The van der Waals surface area contributed by atoms with Crippen molar-refractivity contribution in [1.29, 1.82) is 0 Å². The van der Waals surface area contributed by atoms with Gasteiger partial charge in [0.05, 0.1) is 35.4 Å². The fraction of sp³-hybridized carbons (Fsp3) is 0.417. The summed E-state index contributed by atoms with van der Waals surface area (Å²) in [6, 6.07) is 1.69. The van der Waals surface area contributed by atoms with E-state index in [9.17, 15) is 9.36 Å². The topological polar surface area (TPSA) is 65.7 Å². The minimum Gasteiger partial charge on any atom is -0.468 e. The summed E-state index contributed by atoms with van der Waals surface area (Å²) in [7, 11) is -3.50. The molecule has 0 spiro atoms. The Labute approximate surface area is 115 Å². The Morgan fingerprint density at radius 3 is 2.68 bits per heavy atom. The van der Waals surface area contributed by atoms with Crippen LogP contribution in [0.1, 0.15) is 25.2 Å². The average molecular weight is 302 g/mol. The summed E-state index contributed by atoms with van der Waals surface area (Å²) in [5, 5.41) is 0.325. The van der Waals surface area contributed by atoms with Crippen LogP contribution in [0.2, 0.25) is 0 Å². The first-order valence-corrected chi connectivity index (χ1v) is 8.47. The third kappa shape index (κ3) is 2.72. The smallest absolute Gasteiger partial charge is 0.363 e. The maximum absolute atomic E-state index is 12.9. The summed E-state index contributed by atoms with van der Waals surface area (Å²) < 4.78 is 28.9. The minimum atomic E-state index is -3.50. The molecular formula is C12H15O5PS. The zero-order chi connectivity index (χ0) is 13.9. The van der Waals surface area contributed by atoms with E-state index >= 15 is 0 Å². The van der Waals surface area contributed by atoms with Gasteiger partial charge in [0.15, 0.2) is 6.29 Å². The molecule has 0 amide bonds. The van der Waals surface area contributed by atoms with Gasteiger partial charge in [-0.2, -0.15) is 0 Å². The van der Waals surface area contributed by atoms with E-state index in [1.807, 2.05) is 0 Å². The van der Waals surface area contributed by atoms with Gasteiger partial charge in [0.25, 0.3) is 0 Å². The normalized spacial score (nSPS) is 15.5. The molecule has 0 radical (unpaired) electrons. The molecule has 19 heavy (non-hydrogen) atoms. The van der Waals surface area contributed by atoms with Crippen LogP contribution in [0.4, 0.5) is 0 Å². The number of carbonyl (C=O) groups is 1. The molecule has 0 aliphatic carbocycles. The first-order valence-electron chi connectivity index (χ1n) is 5.95. The minimum absolute atomic E-state index is 0.241. The summed E-state index contributed by atoms with van der Waals surface area (Å²) in [5.74, 6) is 1.23. The third-order valence-corrected chi connectivity index (χ3v) is 5.97. The summed E-state index contributed by atoms with van der Waals surface area (Å²) >= 11 is 1.28. The van der Waals surface area contributed by atoms with Crippen LogP contribution in [0.3, 0.4) is 0 Å². The standard InChI is InChI=1S/C12H15O5PS/c1-3-16-18(14,17-4-2)12-9-5-6-15-10(9)8-19-11(12)7-13/h5-7H,3-4,8H2,1-2H3. The molecule has 0 atom stereocenters. The average Bonchev–Trinajstić information content (AvgIpc) is 2.85. The van der Waals surface area contributed by atoms with Crippen LogP contribution in [0.25, 0.3) is 5.31 Å². The van der Waals surface area contributed by atoms with Crippen molar-refractivity contribution in [3.05, 3.63) is 28.6 Å². The monoisotopic (exact) mass is 302 g/mol. The Bertz CT molecular complexity index is 538. The second-order valence-electron chi connectivity index (χ2n) is 3.71. The van der Waals surface area contributed by atoms with E-state index in [0.29, 0.717) is 33.6 Å². The number of fused-ring (bicyclic) bond motifs is 1. The van der Waals surface area contributed by atoms with E-state index in [1.165, 1.54) is 18.0 Å². The van der Waals surface area contributed by atoms with Crippen LogP contribution >= 0.6 is 19.4 Å². The maximum Gasteiger partial charge on any atom is 0.363 e. The first-order chi connectivity index (χ1) is 9.16. The summed E-state index contributed by atoms with van der Waals surface area (Å²) in [4.78, 5) is 11.6. The van der Waals surface area contributed by atoms with Gasteiger partial charge in [-0.1, -0.05) is 0 Å². The first kappa shape index (κ1) is 14.6. The molecule has 0 fully saturated rings. The van der Waals surface area contributed by atoms with Gasteiger partial charge in [-0.05, 0) is 19.9 Å². The van der Waals surface area contributed by atoms with E-state index in [1.54, 1.807) is 19.9 Å². The van der Waals surface area contributed by atoms with Crippen molar-refractivity contribution in [2.24, 2.45) is 0 Å². The molecule has 0 saturated heterocycles. The Balaban J connectivity index is 2.57. The van der Waals surface area contributed by atoms with E-state index < -0.39 is 7.60 Å². The molecule has 0 aromatic carbocycles. The number of hydrogen-bond acceptors (Lipinski definition) is 6. The highest BCUT2D eigenvalue weighted by Gasteiger charge is 2.38. The van der Waals surface area contributed by atoms with Gasteiger partial charge in [-0.15, -0.1) is 11.8 Å². The SMILES string of the molecule is CCOP(=O)(OCC)C1=C(C=O)SCc2occc21. The number of aldehydes is 1. The Morgan fingerprint density at radius 2 is 2.11 bits per heavy atom. The number of hydrogen-bond donors (Lipinski definition) is 0. The van der Waals surface area contributed by atoms with Crippen molar-refractivity contribution in [1.82, 2.24) is 0 Å². The molecule has 1 aliphatic heterocycles. The maximum atomic E-state index is 12.9. The molecule has 0 saturated carbocycles. The van der Waals surface area contributed by atoms with Gasteiger partial charge in [0, 0.05) is 5.56 Å². The zero-order valence-corrected chi connectivity index (χ0v) is 12.5. The van der Waals surface area contributed by atoms with Gasteiger partial charge in [-0.3, -0.25) is 9.36 Å². The fourth-order valence-corrected chi connectivity index (χ4v) is 5.07. The van der Waals surface area contributed by atoms with Crippen molar-refractivity contribution in [3.63, 3.8) is 0 Å². The Hall–Kier alpha value is -0.810. The number of rotatable bonds is 6. The molecule has 0 bridgehead atoms. The van der Waals surface area contributed by atoms with Crippen molar-refractivity contribution in [2.75, 3.05) is 13.2 Å². The third-order valence-electron chi connectivity index (χ3n) is 2.57. The summed E-state index contributed by atoms with van der Waals surface area (Å²) in [6.07, 6.45) is 2.21. The van der Waals surface area contributed by atoms with Gasteiger partial charge < -0.3 is 13.5 Å². The number of furan rings is 1. The molecule has 0 unspecified atom stereocenters. The zero-order valence-electron chi connectivity index (χ0n) is 10.8. The molecule has 5 nitrogen and oxygen atoms in total. The lowest BCUT2D eigenvalue weighted by molar-refractivity contribution is -0.104. The van der Waals surface area contributed by atoms with Crippen molar-refractivity contribution >= 4 is 31.0 Å². The van der Waals surface area contributed by atoms with E-state index in [4.69, 9.17) is 13.5 Å². The molecular weight excluding hydrogens is 287 g/mol. The van der Waals surface area contributed by atoms with Crippen LogP contribution < -0.4 is 0 Å². The highest BCUT2D eigenvalue weighted by Crippen LogP contribution is 2.64. The van der Waals surface area contributed by atoms with Crippen molar-refractivity contribution in [2.45, 2.75) is 19.6 Å². The van der Waals surface area contributed by atoms with Gasteiger partial charge >= 0.3 is 7.60 Å². The van der Waals surface area contributed by atoms with E-state index in [0.717, 1.165) is 0 Å². The quantitative estimate of drug-likeness (QED) is 0.590. The van der Waals surface area contributed by atoms with Crippen LogP contribution in [-0.4, -0.2) is 19.5 Å². The highest BCUT2D eigenvalue weighted by atomic mass is 32.2. The van der Waals surface area contributed by atoms with Crippen molar-refractivity contribution < 1.29 is 22.8 Å². The number of allylic oxidation sites excluding steroid dienone is 1. The fourth-order valence-electron chi connectivity index (χ4n) is 1.89. The Morgan fingerprint density at radius 1 is 1.42 bits per heavy atom. The molecule has 1 aromatic heterocycles. The molecule has 2 heterocycles. The largest absolute Gasteiger partial charge is 0.468 e. The Kier molecular flexibility index (Phi) is 4.68. The lowest BCUT2D eigenvalue weighted by Gasteiger charge is -2.23. The van der Waals surface area contributed by atoms with Crippen LogP contribution in [0.5, 0.6) is 0 Å². The number of carbonyl (C=O) groups excluding carboxylic acids is 1. The van der Waals surface area contributed by atoms with Gasteiger partial charge in [0.1, 0.15) is 5.76 Å². The van der Waals surface area contributed by atoms with Crippen LogP contribution in [-0.2, 0) is 24.2 Å².